The van der Waals surface area contributed by atoms with Crippen LogP contribution in [-0.2, 0) is 14.2 Å². The predicted molar refractivity (Wildman–Crippen MR) is 146 cm³/mol. The fourth-order valence-corrected chi connectivity index (χ4v) is 5.05. The maximum absolute atomic E-state index is 13.7. The maximum atomic E-state index is 13.7. The summed E-state index contributed by atoms with van der Waals surface area (Å²) in [7, 11) is 1.27. The van der Waals surface area contributed by atoms with Crippen molar-refractivity contribution >= 4 is 11.0 Å². The number of rotatable bonds is 8. The van der Waals surface area contributed by atoms with Crippen LogP contribution in [0.1, 0.15) is 0 Å². The van der Waals surface area contributed by atoms with Crippen molar-refractivity contribution in [2.24, 2.45) is 0 Å². The minimum atomic E-state index is -1.98. The molecule has 3 aromatic rings. The Morgan fingerprint density at radius 3 is 2.09 bits per heavy atom. The number of methoxy groups -OCH3 is 1. The molecule has 10 N–H and O–H groups in total. The van der Waals surface area contributed by atoms with Gasteiger partial charge in [-0.25, -0.2) is 0 Å². The Kier molecular flexibility index (Phi) is 9.38. The van der Waals surface area contributed by atoms with Crippen molar-refractivity contribution in [3.63, 3.8) is 0 Å². The zero-order valence-corrected chi connectivity index (χ0v) is 23.4. The first kappa shape index (κ1) is 32.6. The van der Waals surface area contributed by atoms with Gasteiger partial charge in [0, 0.05) is 17.7 Å². The summed E-state index contributed by atoms with van der Waals surface area (Å²) >= 11 is 0. The van der Waals surface area contributed by atoms with Gasteiger partial charge in [-0.15, -0.1) is 0 Å². The van der Waals surface area contributed by atoms with Gasteiger partial charge in [-0.1, -0.05) is 0 Å². The lowest BCUT2D eigenvalue weighted by molar-refractivity contribution is -0.323. The van der Waals surface area contributed by atoms with E-state index in [4.69, 9.17) is 28.1 Å². The van der Waals surface area contributed by atoms with E-state index in [0.29, 0.717) is 0 Å². The van der Waals surface area contributed by atoms with E-state index >= 15 is 0 Å². The normalized spacial score (nSPS) is 32.0. The average molecular weight is 641 g/mol. The van der Waals surface area contributed by atoms with Gasteiger partial charge >= 0.3 is 0 Å². The Hall–Kier alpha value is -3.75. The second kappa shape index (κ2) is 12.9. The van der Waals surface area contributed by atoms with Crippen molar-refractivity contribution in [2.75, 3.05) is 20.3 Å². The highest BCUT2D eigenvalue weighted by Gasteiger charge is 2.48. The number of hydrogen-bond acceptors (Lipinski definition) is 17. The Morgan fingerprint density at radius 2 is 1.42 bits per heavy atom. The summed E-state index contributed by atoms with van der Waals surface area (Å²) in [5.74, 6) is -2.38. The number of fused-ring (bicyclic) bond motifs is 1. The molecule has 0 radical (unpaired) electrons. The van der Waals surface area contributed by atoms with Gasteiger partial charge in [-0.3, -0.25) is 4.79 Å². The molecule has 0 bridgehead atoms. The smallest absolute Gasteiger partial charge is 0.239 e. The van der Waals surface area contributed by atoms with Crippen LogP contribution in [0.2, 0.25) is 0 Å². The van der Waals surface area contributed by atoms with Gasteiger partial charge in [0.1, 0.15) is 71.3 Å². The molecule has 17 nitrogen and oxygen atoms in total. The third-order valence-electron chi connectivity index (χ3n) is 7.54. The number of phenolic OH excluding ortho intramolecular Hbond substituents is 3. The lowest BCUT2D eigenvalue weighted by Gasteiger charge is -2.42. The second-order valence-electron chi connectivity index (χ2n) is 10.5. The Morgan fingerprint density at radius 1 is 0.778 bits per heavy atom. The summed E-state index contributed by atoms with van der Waals surface area (Å²) in [5, 5.41) is 102. The van der Waals surface area contributed by atoms with Gasteiger partial charge < -0.3 is 79.2 Å². The quantitative estimate of drug-likeness (QED) is 0.123. The molecule has 2 fully saturated rings. The van der Waals surface area contributed by atoms with E-state index in [1.54, 1.807) is 0 Å². The fraction of sp³-hybridized carbons (Fsp3) is 0.464. The van der Waals surface area contributed by atoms with E-state index in [1.807, 2.05) is 0 Å². The topological polar surface area (TPSA) is 279 Å². The fourth-order valence-electron chi connectivity index (χ4n) is 5.05. The molecular formula is C28H32O17. The van der Waals surface area contributed by atoms with Crippen molar-refractivity contribution < 1.29 is 79.2 Å². The standard InChI is InChI=1S/C28H32O17/c1-40-13-4-9(2-3-11(13)31)25-26(20(35)17-12(32)5-10(30)6-14(17)42-25)45-28-24(39)22(37)19(34)16(44-28)8-41-27-23(38)21(36)18(33)15(7-29)43-27/h2-6,15-16,18-19,21-24,27-34,36-39H,7-8H2,1H3/t15?,16?,18-,19-,21+,22?,23?,24?,27-,28-/m1/s1. The van der Waals surface area contributed by atoms with Crippen LogP contribution in [0.3, 0.4) is 0 Å². The monoisotopic (exact) mass is 640 g/mol. The maximum Gasteiger partial charge on any atom is 0.239 e. The number of phenols is 3. The van der Waals surface area contributed by atoms with Crippen LogP contribution in [0.4, 0.5) is 0 Å². The molecule has 0 spiro atoms. The SMILES string of the molecule is COc1cc(-c2oc3cc(O)cc(O)c3c(=O)c2O[C@H]2OC(CO[C@@H]3OC(CO)[C@@H](O)[C@H](O)C3O)[C@@H](O)C(O)C2O)ccc1O. The molecule has 0 saturated carbocycles. The van der Waals surface area contributed by atoms with Crippen LogP contribution in [0.25, 0.3) is 22.3 Å². The molecule has 2 aromatic carbocycles. The molecule has 10 atom stereocenters. The summed E-state index contributed by atoms with van der Waals surface area (Å²) in [6.07, 6.45) is -17.3. The lowest BCUT2D eigenvalue weighted by Crippen LogP contribution is -2.62. The predicted octanol–water partition coefficient (Wildman–Crippen LogP) is -2.41. The highest BCUT2D eigenvalue weighted by Crippen LogP contribution is 2.39. The van der Waals surface area contributed by atoms with Crippen LogP contribution < -0.4 is 14.9 Å². The average Bonchev–Trinajstić information content (AvgIpc) is 3.01. The van der Waals surface area contributed by atoms with Gasteiger partial charge in [0.25, 0.3) is 0 Å². The molecule has 45 heavy (non-hydrogen) atoms. The van der Waals surface area contributed by atoms with Crippen LogP contribution in [0, 0.1) is 0 Å². The molecule has 2 aliphatic heterocycles. The number of benzene rings is 2. The lowest BCUT2D eigenvalue weighted by atomic mass is 9.98. The number of aliphatic hydroxyl groups excluding tert-OH is 7. The molecule has 3 heterocycles. The highest BCUT2D eigenvalue weighted by molar-refractivity contribution is 5.88. The third-order valence-corrected chi connectivity index (χ3v) is 7.54. The molecular weight excluding hydrogens is 608 g/mol. The zero-order valence-electron chi connectivity index (χ0n) is 23.4. The molecule has 17 heteroatoms. The number of hydrogen-bond donors (Lipinski definition) is 10. The van der Waals surface area contributed by atoms with E-state index in [2.05, 4.69) is 0 Å². The van der Waals surface area contributed by atoms with E-state index in [1.165, 1.54) is 25.3 Å². The summed E-state index contributed by atoms with van der Waals surface area (Å²) in [6, 6.07) is 5.76. The Balaban J connectivity index is 1.48. The first-order chi connectivity index (χ1) is 21.4. The molecule has 1 aromatic heterocycles. The van der Waals surface area contributed by atoms with E-state index in [-0.39, 0.29) is 28.4 Å². The van der Waals surface area contributed by atoms with E-state index < -0.39 is 103 Å². The first-order valence-corrected chi connectivity index (χ1v) is 13.5. The minimum Gasteiger partial charge on any atom is -0.508 e. The van der Waals surface area contributed by atoms with Crippen LogP contribution >= 0.6 is 0 Å². The summed E-state index contributed by atoms with van der Waals surface area (Å²) in [5.41, 5.74) is -1.17. The van der Waals surface area contributed by atoms with Gasteiger partial charge in [0.05, 0.1) is 20.3 Å². The van der Waals surface area contributed by atoms with E-state index in [0.717, 1.165) is 12.1 Å². The Labute approximate surface area is 252 Å². The minimum absolute atomic E-state index is 0.0298. The van der Waals surface area contributed by atoms with E-state index in [9.17, 15) is 55.9 Å². The summed E-state index contributed by atoms with van der Waals surface area (Å²) in [4.78, 5) is 13.7. The van der Waals surface area contributed by atoms with Gasteiger partial charge in [-0.05, 0) is 18.2 Å². The van der Waals surface area contributed by atoms with Gasteiger partial charge in [0.15, 0.2) is 23.5 Å². The number of aliphatic hydroxyl groups is 7. The van der Waals surface area contributed by atoms with Crippen LogP contribution in [0.15, 0.2) is 39.5 Å². The molecule has 2 aliphatic rings. The third kappa shape index (κ3) is 6.10. The summed E-state index contributed by atoms with van der Waals surface area (Å²) in [6.45, 7) is -1.39. The number of ether oxygens (including phenoxy) is 5. The largest absolute Gasteiger partial charge is 0.508 e. The summed E-state index contributed by atoms with van der Waals surface area (Å²) < 4.78 is 33.0. The zero-order chi connectivity index (χ0) is 32.7. The highest BCUT2D eigenvalue weighted by atomic mass is 16.7. The van der Waals surface area contributed by atoms with Crippen molar-refractivity contribution in [3.8, 4) is 40.1 Å². The Bertz CT molecular complexity index is 1570. The molecule has 2 saturated heterocycles. The molecule has 246 valence electrons. The molecule has 0 aliphatic carbocycles. The van der Waals surface area contributed by atoms with Crippen molar-refractivity contribution in [2.45, 2.75) is 61.4 Å². The molecule has 5 unspecified atom stereocenters. The van der Waals surface area contributed by atoms with Crippen LogP contribution in [0.5, 0.6) is 28.7 Å². The second-order valence-corrected chi connectivity index (χ2v) is 10.5. The van der Waals surface area contributed by atoms with Crippen molar-refractivity contribution in [1.29, 1.82) is 0 Å². The first-order valence-electron chi connectivity index (χ1n) is 13.5. The van der Waals surface area contributed by atoms with Gasteiger partial charge in [0.2, 0.25) is 17.5 Å². The van der Waals surface area contributed by atoms with Crippen LogP contribution in [-0.4, -0.2) is 133 Å². The van der Waals surface area contributed by atoms with Crippen molar-refractivity contribution in [1.82, 2.24) is 0 Å². The molecule has 0 amide bonds. The van der Waals surface area contributed by atoms with Crippen molar-refractivity contribution in [3.05, 3.63) is 40.6 Å². The van der Waals surface area contributed by atoms with Gasteiger partial charge in [-0.2, -0.15) is 0 Å². The number of aromatic hydroxyl groups is 3. The molecule has 5 rings (SSSR count).